The molecule has 3 aromatic rings. The molecule has 0 saturated carbocycles. The van der Waals surface area contributed by atoms with Crippen LogP contribution in [0.3, 0.4) is 0 Å². The van der Waals surface area contributed by atoms with Crippen molar-refractivity contribution < 1.29 is 9.32 Å². The summed E-state index contributed by atoms with van der Waals surface area (Å²) < 4.78 is 5.26. The Morgan fingerprint density at radius 2 is 2.13 bits per heavy atom. The molecule has 23 heavy (non-hydrogen) atoms. The lowest BCUT2D eigenvalue weighted by molar-refractivity contribution is 0.0932. The normalized spacial score (nSPS) is 13.2. The zero-order valence-corrected chi connectivity index (χ0v) is 13.5. The van der Waals surface area contributed by atoms with Gasteiger partial charge in [-0.15, -0.1) is 0 Å². The minimum atomic E-state index is -0.372. The Morgan fingerprint density at radius 3 is 2.83 bits per heavy atom. The van der Waals surface area contributed by atoms with Gasteiger partial charge in [-0.05, 0) is 25.1 Å². The molecular formula is C16H19N5O2. The first-order chi connectivity index (χ1) is 10.8. The van der Waals surface area contributed by atoms with Gasteiger partial charge in [-0.2, -0.15) is 4.98 Å². The van der Waals surface area contributed by atoms with E-state index >= 15 is 0 Å². The molecule has 1 unspecified atom stereocenters. The number of imidazole rings is 1. The van der Waals surface area contributed by atoms with E-state index in [0.29, 0.717) is 17.3 Å². The summed E-state index contributed by atoms with van der Waals surface area (Å²) >= 11 is 0. The third-order valence-electron chi connectivity index (χ3n) is 3.51. The van der Waals surface area contributed by atoms with Crippen molar-refractivity contribution in [1.82, 2.24) is 25.4 Å². The Morgan fingerprint density at radius 1 is 1.35 bits per heavy atom. The van der Waals surface area contributed by atoms with Crippen molar-refractivity contribution in [2.45, 2.75) is 39.2 Å². The molecule has 120 valence electrons. The number of benzene rings is 1. The van der Waals surface area contributed by atoms with Gasteiger partial charge < -0.3 is 14.8 Å². The van der Waals surface area contributed by atoms with Crippen LogP contribution in [-0.2, 0) is 5.41 Å². The van der Waals surface area contributed by atoms with Crippen LogP contribution >= 0.6 is 0 Å². The molecule has 0 spiro atoms. The number of nitrogens with zero attached hydrogens (tertiary/aromatic N) is 3. The number of carbonyl (C=O) groups is 1. The molecule has 0 aliphatic heterocycles. The molecule has 0 bridgehead atoms. The summed E-state index contributed by atoms with van der Waals surface area (Å²) in [6.45, 7) is 7.83. The molecule has 0 saturated heterocycles. The number of aromatic nitrogens is 4. The molecule has 0 aliphatic carbocycles. The van der Waals surface area contributed by atoms with Gasteiger partial charge in [-0.25, -0.2) is 4.98 Å². The van der Waals surface area contributed by atoms with Crippen LogP contribution in [0.2, 0.25) is 0 Å². The van der Waals surface area contributed by atoms with Crippen molar-refractivity contribution in [3.05, 3.63) is 41.8 Å². The molecule has 0 fully saturated rings. The molecule has 3 rings (SSSR count). The summed E-state index contributed by atoms with van der Waals surface area (Å²) in [7, 11) is 0. The predicted molar refractivity (Wildman–Crippen MR) is 85.0 cm³/mol. The maximum Gasteiger partial charge on any atom is 0.251 e. The van der Waals surface area contributed by atoms with Gasteiger partial charge in [0, 0.05) is 11.0 Å². The highest BCUT2D eigenvalue weighted by Crippen LogP contribution is 2.21. The summed E-state index contributed by atoms with van der Waals surface area (Å²) in [6, 6.07) is 4.93. The molecule has 1 aromatic carbocycles. The zero-order valence-electron chi connectivity index (χ0n) is 13.5. The average Bonchev–Trinajstić information content (AvgIpc) is 3.14. The number of carbonyl (C=O) groups excluding carboxylic acids is 1. The van der Waals surface area contributed by atoms with Gasteiger partial charge in [0.2, 0.25) is 5.89 Å². The van der Waals surface area contributed by atoms with Crippen LogP contribution in [0, 0.1) is 0 Å². The average molecular weight is 313 g/mol. The van der Waals surface area contributed by atoms with E-state index in [4.69, 9.17) is 4.52 Å². The van der Waals surface area contributed by atoms with Gasteiger partial charge >= 0.3 is 0 Å². The Hall–Kier alpha value is -2.70. The molecule has 2 aromatic heterocycles. The van der Waals surface area contributed by atoms with Crippen LogP contribution < -0.4 is 5.32 Å². The summed E-state index contributed by atoms with van der Waals surface area (Å²) in [6.07, 6.45) is 1.60. The lowest BCUT2D eigenvalue weighted by Gasteiger charge is -2.12. The fourth-order valence-electron chi connectivity index (χ4n) is 2.13. The van der Waals surface area contributed by atoms with Crippen LogP contribution in [0.5, 0.6) is 0 Å². The van der Waals surface area contributed by atoms with E-state index in [1.165, 1.54) is 0 Å². The molecule has 0 radical (unpaired) electrons. The van der Waals surface area contributed by atoms with Crippen molar-refractivity contribution in [3.8, 4) is 0 Å². The summed E-state index contributed by atoms with van der Waals surface area (Å²) in [5.74, 6) is 0.808. The predicted octanol–water partition coefficient (Wildman–Crippen LogP) is 2.73. The molecule has 7 heteroatoms. The highest BCUT2D eigenvalue weighted by Gasteiger charge is 2.24. The summed E-state index contributed by atoms with van der Waals surface area (Å²) in [5.41, 5.74) is 1.99. The van der Waals surface area contributed by atoms with Gasteiger partial charge in [0.25, 0.3) is 5.91 Å². The topological polar surface area (TPSA) is 96.7 Å². The lowest BCUT2D eigenvalue weighted by atomic mass is 9.96. The number of hydrogen-bond acceptors (Lipinski definition) is 5. The number of fused-ring (bicyclic) bond motifs is 1. The van der Waals surface area contributed by atoms with E-state index in [1.807, 2.05) is 27.7 Å². The van der Waals surface area contributed by atoms with Crippen molar-refractivity contribution in [3.63, 3.8) is 0 Å². The second-order valence-corrected chi connectivity index (χ2v) is 6.54. The van der Waals surface area contributed by atoms with Gasteiger partial charge in [-0.3, -0.25) is 4.79 Å². The minimum Gasteiger partial charge on any atom is -0.345 e. The van der Waals surface area contributed by atoms with Gasteiger partial charge in [-0.1, -0.05) is 25.9 Å². The van der Waals surface area contributed by atoms with E-state index in [0.717, 1.165) is 11.0 Å². The molecule has 1 amide bonds. The zero-order chi connectivity index (χ0) is 16.6. The number of H-pyrrole nitrogens is 1. The first-order valence-corrected chi connectivity index (χ1v) is 7.42. The van der Waals surface area contributed by atoms with Crippen molar-refractivity contribution in [2.75, 3.05) is 0 Å². The third kappa shape index (κ3) is 3.08. The van der Waals surface area contributed by atoms with Crippen molar-refractivity contribution in [2.24, 2.45) is 0 Å². The van der Waals surface area contributed by atoms with Gasteiger partial charge in [0.15, 0.2) is 5.82 Å². The van der Waals surface area contributed by atoms with Gasteiger partial charge in [0.1, 0.15) is 6.04 Å². The number of aromatic amines is 1. The highest BCUT2D eigenvalue weighted by atomic mass is 16.5. The van der Waals surface area contributed by atoms with Crippen molar-refractivity contribution in [1.29, 1.82) is 0 Å². The first-order valence-electron chi connectivity index (χ1n) is 7.42. The smallest absolute Gasteiger partial charge is 0.251 e. The van der Waals surface area contributed by atoms with E-state index in [2.05, 4.69) is 25.4 Å². The quantitative estimate of drug-likeness (QED) is 0.775. The Kier molecular flexibility index (Phi) is 3.63. The number of hydrogen-bond donors (Lipinski definition) is 2. The molecule has 1 atom stereocenters. The lowest BCUT2D eigenvalue weighted by Crippen LogP contribution is -2.27. The second kappa shape index (κ2) is 5.49. The summed E-state index contributed by atoms with van der Waals surface area (Å²) in [4.78, 5) is 23.8. The highest BCUT2D eigenvalue weighted by molar-refractivity contribution is 5.97. The number of rotatable bonds is 3. The van der Waals surface area contributed by atoms with Crippen LogP contribution in [0.25, 0.3) is 11.0 Å². The maximum atomic E-state index is 12.4. The van der Waals surface area contributed by atoms with Crippen LogP contribution in [0.4, 0.5) is 0 Å². The standard InChI is InChI=1S/C16H19N5O2/c1-9(14-20-15(21-23-14)16(2,3)4)19-13(22)10-5-6-11-12(7-10)18-8-17-11/h5-9H,1-4H3,(H,17,18)(H,19,22). The number of amides is 1. The van der Waals surface area contributed by atoms with Gasteiger partial charge in [0.05, 0.1) is 17.4 Å². The SMILES string of the molecule is CC(NC(=O)c1ccc2nc[nH]c2c1)c1nc(C(C)(C)C)no1. The largest absolute Gasteiger partial charge is 0.345 e. The fourth-order valence-corrected chi connectivity index (χ4v) is 2.13. The van der Waals surface area contributed by atoms with E-state index in [-0.39, 0.29) is 17.4 Å². The van der Waals surface area contributed by atoms with Crippen LogP contribution in [0.1, 0.15) is 55.8 Å². The van der Waals surface area contributed by atoms with Crippen LogP contribution in [0.15, 0.2) is 29.0 Å². The molecule has 7 nitrogen and oxygen atoms in total. The first kappa shape index (κ1) is 15.2. The maximum absolute atomic E-state index is 12.4. The molecule has 2 heterocycles. The number of nitrogens with one attached hydrogen (secondary N) is 2. The van der Waals surface area contributed by atoms with E-state index in [1.54, 1.807) is 24.5 Å². The van der Waals surface area contributed by atoms with Crippen LogP contribution in [-0.4, -0.2) is 26.0 Å². The fraction of sp³-hybridized carbons (Fsp3) is 0.375. The summed E-state index contributed by atoms with van der Waals surface area (Å²) in [5, 5.41) is 6.84. The minimum absolute atomic E-state index is 0.197. The third-order valence-corrected chi connectivity index (χ3v) is 3.51. The molecule has 0 aliphatic rings. The molecule has 2 N–H and O–H groups in total. The Bertz CT molecular complexity index is 843. The monoisotopic (exact) mass is 313 g/mol. The Labute approximate surface area is 133 Å². The second-order valence-electron chi connectivity index (χ2n) is 6.54. The Balaban J connectivity index is 1.75. The van der Waals surface area contributed by atoms with E-state index < -0.39 is 0 Å². The molecular weight excluding hydrogens is 294 g/mol. The van der Waals surface area contributed by atoms with Crippen molar-refractivity contribution >= 4 is 16.9 Å². The van der Waals surface area contributed by atoms with E-state index in [9.17, 15) is 4.79 Å².